The molecule has 3 nitrogen and oxygen atoms in total. The zero-order chi connectivity index (χ0) is 9.42. The Hall–Kier alpha value is -1.77. The molecule has 0 saturated heterocycles. The van der Waals surface area contributed by atoms with Gasteiger partial charge in [0, 0.05) is 10.9 Å². The molecule has 3 heteroatoms. The van der Waals surface area contributed by atoms with Gasteiger partial charge < -0.3 is 14.9 Å². The number of carboxylic acid groups (broad SMARTS) is 1. The molecule has 0 aliphatic carbocycles. The molecule has 2 rings (SSSR count). The van der Waals surface area contributed by atoms with E-state index in [-0.39, 0.29) is 5.69 Å². The lowest BCUT2D eigenvalue weighted by molar-refractivity contribution is -0.255. The summed E-state index contributed by atoms with van der Waals surface area (Å²) in [5.41, 5.74) is 2.02. The number of aromatic nitrogens is 1. The third-order valence-electron chi connectivity index (χ3n) is 2.08. The minimum Gasteiger partial charge on any atom is -0.543 e. The van der Waals surface area contributed by atoms with Gasteiger partial charge in [0.2, 0.25) is 0 Å². The first-order valence-corrected chi connectivity index (χ1v) is 3.98. The first kappa shape index (κ1) is 7.86. The number of hydrogen-bond donors (Lipinski definition) is 1. The molecule has 0 aliphatic heterocycles. The topological polar surface area (TPSA) is 55.9 Å². The third kappa shape index (κ3) is 1.18. The average Bonchev–Trinajstić information content (AvgIpc) is 2.49. The fourth-order valence-corrected chi connectivity index (χ4v) is 1.42. The van der Waals surface area contributed by atoms with E-state index in [1.54, 1.807) is 6.07 Å². The van der Waals surface area contributed by atoms with Crippen molar-refractivity contribution in [3.63, 3.8) is 0 Å². The maximum absolute atomic E-state index is 10.5. The van der Waals surface area contributed by atoms with Gasteiger partial charge in [0.15, 0.2) is 0 Å². The van der Waals surface area contributed by atoms with Gasteiger partial charge in [-0.15, -0.1) is 0 Å². The van der Waals surface area contributed by atoms with Crippen LogP contribution in [0, 0.1) is 6.92 Å². The number of carbonyl (C=O) groups excluding carboxylic acids is 1. The van der Waals surface area contributed by atoms with Crippen LogP contribution in [-0.4, -0.2) is 11.0 Å². The molecule has 0 spiro atoms. The number of hydrogen-bond acceptors (Lipinski definition) is 2. The molecule has 0 unspecified atom stereocenters. The van der Waals surface area contributed by atoms with Crippen molar-refractivity contribution in [1.82, 2.24) is 4.98 Å². The Kier molecular flexibility index (Phi) is 1.59. The van der Waals surface area contributed by atoms with Crippen molar-refractivity contribution in [1.29, 1.82) is 0 Å². The van der Waals surface area contributed by atoms with Crippen LogP contribution in [0.3, 0.4) is 0 Å². The Bertz CT molecular complexity index is 471. The van der Waals surface area contributed by atoms with E-state index in [2.05, 4.69) is 4.98 Å². The Morgan fingerprint density at radius 1 is 1.46 bits per heavy atom. The minimum absolute atomic E-state index is 0.129. The number of aromatic amines is 1. The highest BCUT2D eigenvalue weighted by molar-refractivity contribution is 5.93. The summed E-state index contributed by atoms with van der Waals surface area (Å²) in [4.78, 5) is 13.3. The number of carboxylic acids is 1. The third-order valence-corrected chi connectivity index (χ3v) is 2.08. The maximum atomic E-state index is 10.5. The van der Waals surface area contributed by atoms with Crippen molar-refractivity contribution in [2.75, 3.05) is 0 Å². The molecule has 0 amide bonds. The van der Waals surface area contributed by atoms with E-state index in [0.717, 1.165) is 16.5 Å². The van der Waals surface area contributed by atoms with Crippen LogP contribution < -0.4 is 5.11 Å². The van der Waals surface area contributed by atoms with Gasteiger partial charge in [0.1, 0.15) is 0 Å². The fourth-order valence-electron chi connectivity index (χ4n) is 1.42. The molecule has 2 aromatic rings. The van der Waals surface area contributed by atoms with Crippen molar-refractivity contribution in [3.8, 4) is 0 Å². The van der Waals surface area contributed by atoms with Crippen molar-refractivity contribution in [2.45, 2.75) is 6.92 Å². The van der Waals surface area contributed by atoms with E-state index in [9.17, 15) is 9.90 Å². The highest BCUT2D eigenvalue weighted by atomic mass is 16.4. The van der Waals surface area contributed by atoms with Gasteiger partial charge in [-0.1, -0.05) is 18.2 Å². The predicted molar refractivity (Wildman–Crippen MR) is 47.4 cm³/mol. The molecule has 1 N–H and O–H groups in total. The van der Waals surface area contributed by atoms with Gasteiger partial charge in [0.05, 0.1) is 11.7 Å². The van der Waals surface area contributed by atoms with E-state index in [1.807, 2.05) is 25.1 Å². The molecule has 1 aromatic carbocycles. The molecule has 1 heterocycles. The van der Waals surface area contributed by atoms with Crippen LogP contribution in [0.5, 0.6) is 0 Å². The molecule has 1 aromatic heterocycles. The van der Waals surface area contributed by atoms with Gasteiger partial charge in [-0.25, -0.2) is 0 Å². The summed E-state index contributed by atoms with van der Waals surface area (Å²) in [7, 11) is 0. The zero-order valence-corrected chi connectivity index (χ0v) is 7.13. The summed E-state index contributed by atoms with van der Waals surface area (Å²) in [6.45, 7) is 1.93. The monoisotopic (exact) mass is 174 g/mol. The number of H-pyrrole nitrogens is 1. The molecular weight excluding hydrogens is 166 g/mol. The van der Waals surface area contributed by atoms with E-state index in [1.165, 1.54) is 0 Å². The molecule has 0 radical (unpaired) electrons. The molecule has 0 aliphatic rings. The van der Waals surface area contributed by atoms with Gasteiger partial charge >= 0.3 is 0 Å². The van der Waals surface area contributed by atoms with Crippen molar-refractivity contribution < 1.29 is 9.90 Å². The fraction of sp³-hybridized carbons (Fsp3) is 0.100. The number of benzene rings is 1. The summed E-state index contributed by atoms with van der Waals surface area (Å²) in [5.74, 6) is -1.17. The lowest BCUT2D eigenvalue weighted by Gasteiger charge is -1.95. The maximum Gasteiger partial charge on any atom is 0.0878 e. The lowest BCUT2D eigenvalue weighted by Crippen LogP contribution is -2.22. The molecule has 0 saturated carbocycles. The number of carbonyl (C=O) groups is 1. The van der Waals surface area contributed by atoms with Crippen LogP contribution in [-0.2, 0) is 0 Å². The van der Waals surface area contributed by atoms with Crippen LogP contribution in [0.15, 0.2) is 24.3 Å². The Labute approximate surface area is 75.0 Å². The largest absolute Gasteiger partial charge is 0.543 e. The van der Waals surface area contributed by atoms with E-state index < -0.39 is 5.97 Å². The minimum atomic E-state index is -1.17. The van der Waals surface area contributed by atoms with Gasteiger partial charge in [-0.2, -0.15) is 0 Å². The summed E-state index contributed by atoms with van der Waals surface area (Å²) in [6, 6.07) is 7.27. The lowest BCUT2D eigenvalue weighted by atomic mass is 10.2. The average molecular weight is 174 g/mol. The predicted octanol–water partition coefficient (Wildman–Crippen LogP) is 0.840. The van der Waals surface area contributed by atoms with E-state index in [4.69, 9.17) is 0 Å². The number of nitrogens with one attached hydrogen (secondary N) is 1. The van der Waals surface area contributed by atoms with E-state index >= 15 is 0 Å². The first-order valence-electron chi connectivity index (χ1n) is 3.98. The Morgan fingerprint density at radius 3 is 2.85 bits per heavy atom. The molecule has 0 fully saturated rings. The van der Waals surface area contributed by atoms with E-state index in [0.29, 0.717) is 0 Å². The summed E-state index contributed by atoms with van der Waals surface area (Å²) in [5, 5.41) is 11.4. The number of para-hydroxylation sites is 1. The Morgan fingerprint density at radius 2 is 2.23 bits per heavy atom. The van der Waals surface area contributed by atoms with Crippen molar-refractivity contribution >= 4 is 16.9 Å². The van der Waals surface area contributed by atoms with Crippen LogP contribution in [0.1, 0.15) is 16.1 Å². The van der Waals surface area contributed by atoms with Crippen LogP contribution >= 0.6 is 0 Å². The summed E-state index contributed by atoms with van der Waals surface area (Å²) >= 11 is 0. The smallest absolute Gasteiger partial charge is 0.0878 e. The van der Waals surface area contributed by atoms with Crippen LogP contribution in [0.2, 0.25) is 0 Å². The summed E-state index contributed by atoms with van der Waals surface area (Å²) < 4.78 is 0. The SMILES string of the molecule is Cc1cccc2cc(C(=O)[O-])[nH]c12. The van der Waals surface area contributed by atoms with Crippen molar-refractivity contribution in [3.05, 3.63) is 35.5 Å². The molecule has 66 valence electrons. The number of rotatable bonds is 1. The standard InChI is InChI=1S/C10H9NO2/c1-6-3-2-4-7-5-8(10(12)13)11-9(6)7/h2-5,11H,1H3,(H,12,13)/p-1. The molecule has 13 heavy (non-hydrogen) atoms. The van der Waals surface area contributed by atoms with Gasteiger partial charge in [0.25, 0.3) is 0 Å². The van der Waals surface area contributed by atoms with Crippen LogP contribution in [0.25, 0.3) is 10.9 Å². The summed E-state index contributed by atoms with van der Waals surface area (Å²) in [6.07, 6.45) is 0. The highest BCUT2D eigenvalue weighted by Crippen LogP contribution is 2.18. The normalized spacial score (nSPS) is 10.5. The Balaban J connectivity index is 2.75. The van der Waals surface area contributed by atoms with Gasteiger partial charge in [-0.3, -0.25) is 0 Å². The number of fused-ring (bicyclic) bond motifs is 1. The van der Waals surface area contributed by atoms with Crippen molar-refractivity contribution in [2.24, 2.45) is 0 Å². The highest BCUT2D eigenvalue weighted by Gasteiger charge is 2.02. The molecule has 0 bridgehead atoms. The number of aromatic carboxylic acids is 1. The van der Waals surface area contributed by atoms with Gasteiger partial charge in [-0.05, 0) is 18.6 Å². The number of aryl methyl sites for hydroxylation is 1. The second-order valence-electron chi connectivity index (χ2n) is 3.01. The van der Waals surface area contributed by atoms with Crippen LogP contribution in [0.4, 0.5) is 0 Å². The quantitative estimate of drug-likeness (QED) is 0.696. The second kappa shape index (κ2) is 2.62. The second-order valence-corrected chi connectivity index (χ2v) is 3.01. The first-order chi connectivity index (χ1) is 6.18. The molecule has 0 atom stereocenters. The zero-order valence-electron chi connectivity index (χ0n) is 7.13. The molecular formula is C10H8NO2-.